The topological polar surface area (TPSA) is 76.7 Å². The average molecular weight is 359 g/mol. The highest BCUT2D eigenvalue weighted by atomic mass is 16.5. The monoisotopic (exact) mass is 358 g/mol. The predicted molar refractivity (Wildman–Crippen MR) is 105 cm³/mol. The van der Waals surface area contributed by atoms with Gasteiger partial charge in [0.15, 0.2) is 0 Å². The fourth-order valence-electron chi connectivity index (χ4n) is 1.55. The lowest BCUT2D eigenvalue weighted by atomic mass is 10.2. The summed E-state index contributed by atoms with van der Waals surface area (Å²) in [5.41, 5.74) is 0. The zero-order chi connectivity index (χ0) is 19.8. The molecular weight excluding hydrogens is 320 g/mol. The lowest BCUT2D eigenvalue weighted by Crippen LogP contribution is -2.23. The zero-order valence-corrected chi connectivity index (χ0v) is 16.5. The van der Waals surface area contributed by atoms with Crippen LogP contribution < -0.4 is 10.6 Å². The van der Waals surface area contributed by atoms with Gasteiger partial charge in [-0.15, -0.1) is 6.58 Å². The van der Waals surface area contributed by atoms with Crippen LogP contribution in [0.2, 0.25) is 0 Å². The van der Waals surface area contributed by atoms with Gasteiger partial charge >= 0.3 is 0 Å². The van der Waals surface area contributed by atoms with E-state index in [-0.39, 0.29) is 0 Å². The molecule has 0 aromatic rings. The number of allylic oxidation sites excluding steroid dienone is 2. The first-order valence-electron chi connectivity index (χ1n) is 8.64. The van der Waals surface area contributed by atoms with E-state index in [1.165, 1.54) is 6.08 Å². The standard InChI is InChI=1S/C13H28N2O3.C3H4O.C3H6/c1-12(7-14-3)9-17-5-4-6-18-10-13(2)8-15-11-16;1-2-3-4;1-3-2/h11-14H,4-10H2,1-3H3,(H,15,16);2-3H,1H2;3H,1H2,2H3. The first-order chi connectivity index (χ1) is 12.0. The summed E-state index contributed by atoms with van der Waals surface area (Å²) < 4.78 is 11.0. The van der Waals surface area contributed by atoms with Gasteiger partial charge in [0.05, 0.1) is 13.2 Å². The number of nitrogens with one attached hydrogen (secondary N) is 2. The summed E-state index contributed by atoms with van der Waals surface area (Å²) in [5.74, 6) is 0.900. The number of carbonyl (C=O) groups is 2. The largest absolute Gasteiger partial charge is 0.381 e. The highest BCUT2D eigenvalue weighted by Gasteiger charge is 2.02. The van der Waals surface area contributed by atoms with Crippen LogP contribution in [0, 0.1) is 11.8 Å². The maximum Gasteiger partial charge on any atom is 0.207 e. The Hall–Kier alpha value is -1.50. The van der Waals surface area contributed by atoms with Gasteiger partial charge in [-0.2, -0.15) is 0 Å². The maximum atomic E-state index is 10.1. The Labute approximate surface area is 154 Å². The quantitative estimate of drug-likeness (QED) is 0.215. The van der Waals surface area contributed by atoms with E-state index in [9.17, 15) is 4.79 Å². The molecule has 0 aliphatic carbocycles. The number of hydrogen-bond donors (Lipinski definition) is 2. The molecule has 0 aliphatic heterocycles. The molecule has 2 N–H and O–H groups in total. The second-order valence-electron chi connectivity index (χ2n) is 5.58. The van der Waals surface area contributed by atoms with Crippen LogP contribution in [0.1, 0.15) is 27.2 Å². The van der Waals surface area contributed by atoms with Gasteiger partial charge in [0.1, 0.15) is 6.29 Å². The van der Waals surface area contributed by atoms with E-state index in [4.69, 9.17) is 14.3 Å². The molecule has 0 bridgehead atoms. The summed E-state index contributed by atoms with van der Waals surface area (Å²) in [5, 5.41) is 5.76. The van der Waals surface area contributed by atoms with E-state index < -0.39 is 0 Å². The second kappa shape index (κ2) is 27.4. The van der Waals surface area contributed by atoms with Crippen LogP contribution in [0.4, 0.5) is 0 Å². The third-order valence-electron chi connectivity index (χ3n) is 2.58. The zero-order valence-electron chi connectivity index (χ0n) is 16.5. The number of carbonyl (C=O) groups excluding carboxylic acids is 2. The van der Waals surface area contributed by atoms with Crippen molar-refractivity contribution < 1.29 is 19.1 Å². The SMILES string of the molecule is C=CC.C=CC=O.CNCC(C)COCCCOCC(C)CNC=O. The fourth-order valence-corrected chi connectivity index (χ4v) is 1.55. The summed E-state index contributed by atoms with van der Waals surface area (Å²) in [6.07, 6.45) is 5.22. The van der Waals surface area contributed by atoms with Gasteiger partial charge in [0, 0.05) is 19.8 Å². The van der Waals surface area contributed by atoms with Gasteiger partial charge in [-0.3, -0.25) is 9.59 Å². The molecule has 0 aromatic carbocycles. The summed E-state index contributed by atoms with van der Waals surface area (Å²) in [4.78, 5) is 19.1. The molecule has 148 valence electrons. The Morgan fingerprint density at radius 3 is 1.80 bits per heavy atom. The minimum Gasteiger partial charge on any atom is -0.381 e. The Balaban J connectivity index is -0.000000586. The minimum atomic E-state index is 0.353. The van der Waals surface area contributed by atoms with Crippen molar-refractivity contribution in [3.63, 3.8) is 0 Å². The summed E-state index contributed by atoms with van der Waals surface area (Å²) >= 11 is 0. The first-order valence-corrected chi connectivity index (χ1v) is 8.64. The number of hydrogen-bond acceptors (Lipinski definition) is 5. The average Bonchev–Trinajstić information content (AvgIpc) is 2.60. The first kappa shape index (κ1) is 28.3. The molecule has 2 unspecified atom stereocenters. The third-order valence-corrected chi connectivity index (χ3v) is 2.58. The van der Waals surface area contributed by atoms with Crippen molar-refractivity contribution in [2.45, 2.75) is 27.2 Å². The number of amides is 1. The van der Waals surface area contributed by atoms with E-state index in [2.05, 4.69) is 30.7 Å². The van der Waals surface area contributed by atoms with E-state index in [1.54, 1.807) is 6.08 Å². The van der Waals surface area contributed by atoms with Crippen molar-refractivity contribution in [3.8, 4) is 0 Å². The van der Waals surface area contributed by atoms with Gasteiger partial charge in [-0.1, -0.05) is 26.5 Å². The Morgan fingerprint density at radius 2 is 1.44 bits per heavy atom. The highest BCUT2D eigenvalue weighted by Crippen LogP contribution is 1.97. The molecular formula is C19H38N2O4. The van der Waals surface area contributed by atoms with Crippen LogP contribution in [0.15, 0.2) is 25.3 Å². The number of ether oxygens (including phenoxy) is 2. The van der Waals surface area contributed by atoms with Crippen molar-refractivity contribution >= 4 is 12.7 Å². The molecule has 6 heteroatoms. The molecule has 0 saturated heterocycles. The van der Waals surface area contributed by atoms with Crippen molar-refractivity contribution in [2.24, 2.45) is 11.8 Å². The molecule has 2 atom stereocenters. The molecule has 6 nitrogen and oxygen atoms in total. The van der Waals surface area contributed by atoms with Crippen LogP contribution in [0.5, 0.6) is 0 Å². The van der Waals surface area contributed by atoms with E-state index in [1.807, 2.05) is 20.9 Å². The van der Waals surface area contributed by atoms with Crippen molar-refractivity contribution in [3.05, 3.63) is 25.3 Å². The molecule has 0 rings (SSSR count). The predicted octanol–water partition coefficient (Wildman–Crippen LogP) is 2.21. The molecule has 0 aliphatic rings. The molecule has 0 heterocycles. The number of rotatable bonds is 14. The molecule has 0 saturated carbocycles. The molecule has 0 spiro atoms. The maximum absolute atomic E-state index is 10.1. The summed E-state index contributed by atoms with van der Waals surface area (Å²) in [7, 11) is 1.95. The van der Waals surface area contributed by atoms with E-state index in [0.29, 0.717) is 37.9 Å². The van der Waals surface area contributed by atoms with Crippen molar-refractivity contribution in [1.29, 1.82) is 0 Å². The van der Waals surface area contributed by atoms with Crippen molar-refractivity contribution in [1.82, 2.24) is 10.6 Å². The molecule has 0 fully saturated rings. The molecule has 25 heavy (non-hydrogen) atoms. The van der Waals surface area contributed by atoms with Crippen LogP contribution in [0.25, 0.3) is 0 Å². The summed E-state index contributed by atoms with van der Waals surface area (Å²) in [6.45, 7) is 17.2. The summed E-state index contributed by atoms with van der Waals surface area (Å²) in [6, 6.07) is 0. The lowest BCUT2D eigenvalue weighted by Gasteiger charge is -2.12. The van der Waals surface area contributed by atoms with Crippen LogP contribution in [0.3, 0.4) is 0 Å². The third kappa shape index (κ3) is 34.7. The van der Waals surface area contributed by atoms with Gasteiger partial charge in [-0.25, -0.2) is 0 Å². The molecule has 0 aromatic heterocycles. The highest BCUT2D eigenvalue weighted by molar-refractivity contribution is 5.63. The molecule has 0 radical (unpaired) electrons. The number of aldehydes is 1. The normalized spacial score (nSPS) is 11.5. The van der Waals surface area contributed by atoms with Crippen molar-refractivity contribution in [2.75, 3.05) is 46.6 Å². The Kier molecular flexibility index (Phi) is 31.0. The van der Waals surface area contributed by atoms with Crippen LogP contribution >= 0.6 is 0 Å². The van der Waals surface area contributed by atoms with E-state index in [0.717, 1.165) is 32.6 Å². The van der Waals surface area contributed by atoms with Crippen LogP contribution in [-0.2, 0) is 19.1 Å². The fraction of sp³-hybridized carbons (Fsp3) is 0.684. The minimum absolute atomic E-state index is 0.353. The second-order valence-corrected chi connectivity index (χ2v) is 5.58. The lowest BCUT2D eigenvalue weighted by molar-refractivity contribution is -0.109. The Bertz CT molecular complexity index is 293. The Morgan fingerprint density at radius 1 is 1.00 bits per heavy atom. The van der Waals surface area contributed by atoms with Gasteiger partial charge in [0.25, 0.3) is 0 Å². The van der Waals surface area contributed by atoms with Gasteiger partial charge in [0.2, 0.25) is 6.41 Å². The smallest absolute Gasteiger partial charge is 0.207 e. The molecule has 1 amide bonds. The van der Waals surface area contributed by atoms with Gasteiger partial charge < -0.3 is 20.1 Å². The van der Waals surface area contributed by atoms with Gasteiger partial charge in [-0.05, 0) is 44.8 Å². The van der Waals surface area contributed by atoms with E-state index >= 15 is 0 Å². The van der Waals surface area contributed by atoms with Crippen LogP contribution in [-0.4, -0.2) is 59.3 Å².